The first-order chi connectivity index (χ1) is 10.6. The van der Waals surface area contributed by atoms with Crippen LogP contribution in [0.2, 0.25) is 0 Å². The lowest BCUT2D eigenvalue weighted by atomic mass is 9.99. The summed E-state index contributed by atoms with van der Waals surface area (Å²) < 4.78 is 0. The summed E-state index contributed by atoms with van der Waals surface area (Å²) in [7, 11) is 2.17. The van der Waals surface area contributed by atoms with Gasteiger partial charge in [0.15, 0.2) is 0 Å². The van der Waals surface area contributed by atoms with E-state index < -0.39 is 0 Å². The van der Waals surface area contributed by atoms with E-state index >= 15 is 0 Å². The third kappa shape index (κ3) is 5.41. The molecule has 0 aromatic carbocycles. The molecule has 128 valence electrons. The van der Waals surface area contributed by atoms with Gasteiger partial charge in [-0.2, -0.15) is 0 Å². The quantitative estimate of drug-likeness (QED) is 0.603. The molecule has 0 aromatic heterocycles. The molecular formula is C16H32N4O2. The van der Waals surface area contributed by atoms with Gasteiger partial charge in [0, 0.05) is 32.7 Å². The molecule has 1 saturated heterocycles. The monoisotopic (exact) mass is 312 g/mol. The van der Waals surface area contributed by atoms with Crippen molar-refractivity contribution in [1.82, 2.24) is 20.4 Å². The summed E-state index contributed by atoms with van der Waals surface area (Å²) in [5.74, 6) is 0. The molecule has 1 saturated carbocycles. The van der Waals surface area contributed by atoms with E-state index in [0.717, 1.165) is 71.2 Å². The molecule has 0 unspecified atom stereocenters. The lowest BCUT2D eigenvalue weighted by molar-refractivity contribution is 0.151. The van der Waals surface area contributed by atoms with Gasteiger partial charge in [-0.25, -0.2) is 4.79 Å². The second-order valence-corrected chi connectivity index (χ2v) is 6.88. The number of aliphatic hydroxyl groups is 1. The molecule has 1 heterocycles. The van der Waals surface area contributed by atoms with Crippen molar-refractivity contribution in [2.45, 2.75) is 44.1 Å². The van der Waals surface area contributed by atoms with E-state index in [0.29, 0.717) is 6.54 Å². The summed E-state index contributed by atoms with van der Waals surface area (Å²) in [5, 5.41) is 15.4. The van der Waals surface area contributed by atoms with Crippen LogP contribution in [0.5, 0.6) is 0 Å². The summed E-state index contributed by atoms with van der Waals surface area (Å²) in [4.78, 5) is 16.8. The first kappa shape index (κ1) is 17.5. The number of amides is 2. The number of nitrogens with zero attached hydrogens (tertiary/aromatic N) is 2. The van der Waals surface area contributed by atoms with Gasteiger partial charge in [-0.15, -0.1) is 0 Å². The van der Waals surface area contributed by atoms with Crippen LogP contribution in [0.1, 0.15) is 38.5 Å². The van der Waals surface area contributed by atoms with Gasteiger partial charge >= 0.3 is 6.03 Å². The molecule has 6 nitrogen and oxygen atoms in total. The van der Waals surface area contributed by atoms with Crippen molar-refractivity contribution in [2.75, 3.05) is 52.9 Å². The zero-order valence-electron chi connectivity index (χ0n) is 13.9. The van der Waals surface area contributed by atoms with Gasteiger partial charge in [-0.3, -0.25) is 0 Å². The number of nitrogens with one attached hydrogen (secondary N) is 2. The van der Waals surface area contributed by atoms with Crippen molar-refractivity contribution >= 4 is 6.03 Å². The van der Waals surface area contributed by atoms with Gasteiger partial charge in [0.05, 0.1) is 12.1 Å². The lowest BCUT2D eigenvalue weighted by Gasteiger charge is -2.32. The average molecular weight is 312 g/mol. The van der Waals surface area contributed by atoms with E-state index in [2.05, 4.69) is 27.5 Å². The Kier molecular flexibility index (Phi) is 6.92. The molecule has 0 bridgehead atoms. The summed E-state index contributed by atoms with van der Waals surface area (Å²) >= 11 is 0. The number of piperazine rings is 1. The number of carbonyl (C=O) groups excluding carboxylic acids is 1. The van der Waals surface area contributed by atoms with Gasteiger partial charge < -0.3 is 25.5 Å². The van der Waals surface area contributed by atoms with Crippen LogP contribution in [-0.4, -0.2) is 79.4 Å². The number of likely N-dealkylation sites (N-methyl/N-ethyl adjacent to an activating group) is 1. The lowest BCUT2D eigenvalue weighted by Crippen LogP contribution is -2.53. The molecule has 2 fully saturated rings. The first-order valence-corrected chi connectivity index (χ1v) is 8.71. The van der Waals surface area contributed by atoms with Crippen LogP contribution in [0.25, 0.3) is 0 Å². The van der Waals surface area contributed by atoms with Crippen LogP contribution in [-0.2, 0) is 0 Å². The molecule has 0 radical (unpaired) electrons. The van der Waals surface area contributed by atoms with E-state index in [4.69, 9.17) is 0 Å². The second-order valence-electron chi connectivity index (χ2n) is 6.88. The summed E-state index contributed by atoms with van der Waals surface area (Å²) in [5.41, 5.74) is -0.371. The van der Waals surface area contributed by atoms with E-state index in [1.54, 1.807) is 0 Å². The van der Waals surface area contributed by atoms with Crippen LogP contribution < -0.4 is 10.6 Å². The third-order valence-electron chi connectivity index (χ3n) is 5.02. The van der Waals surface area contributed by atoms with Crippen molar-refractivity contribution in [1.29, 1.82) is 0 Å². The van der Waals surface area contributed by atoms with Crippen LogP contribution in [0.15, 0.2) is 0 Å². The average Bonchev–Trinajstić information content (AvgIpc) is 2.98. The highest BCUT2D eigenvalue weighted by molar-refractivity contribution is 5.74. The number of unbranched alkanes of at least 4 members (excludes halogenated alkanes) is 1. The minimum absolute atomic E-state index is 0.0455. The zero-order chi connectivity index (χ0) is 15.8. The van der Waals surface area contributed by atoms with Crippen LogP contribution in [0.3, 0.4) is 0 Å². The third-order valence-corrected chi connectivity index (χ3v) is 5.02. The SMILES string of the molecule is CN1CCN(CCCCNC(=O)NC2(CO)CCCC2)CC1. The Balaban J connectivity index is 1.52. The molecule has 2 amide bonds. The fourth-order valence-corrected chi connectivity index (χ4v) is 3.39. The second kappa shape index (κ2) is 8.70. The van der Waals surface area contributed by atoms with E-state index in [1.807, 2.05) is 0 Å². The molecule has 0 atom stereocenters. The van der Waals surface area contributed by atoms with E-state index in [1.165, 1.54) is 0 Å². The van der Waals surface area contributed by atoms with Gasteiger partial charge in [0.25, 0.3) is 0 Å². The number of rotatable bonds is 7. The van der Waals surface area contributed by atoms with Crippen molar-refractivity contribution in [2.24, 2.45) is 0 Å². The van der Waals surface area contributed by atoms with Crippen LogP contribution in [0.4, 0.5) is 4.79 Å². The summed E-state index contributed by atoms with van der Waals surface area (Å²) in [6.45, 7) is 6.50. The molecule has 22 heavy (non-hydrogen) atoms. The smallest absolute Gasteiger partial charge is 0.315 e. The maximum absolute atomic E-state index is 11.9. The topological polar surface area (TPSA) is 67.8 Å². The number of hydrogen-bond donors (Lipinski definition) is 3. The fourth-order valence-electron chi connectivity index (χ4n) is 3.39. The molecule has 6 heteroatoms. The summed E-state index contributed by atoms with van der Waals surface area (Å²) in [6, 6.07) is -0.129. The zero-order valence-corrected chi connectivity index (χ0v) is 13.9. The van der Waals surface area contributed by atoms with E-state index in [9.17, 15) is 9.90 Å². The molecule has 2 aliphatic rings. The Bertz CT molecular complexity index is 337. The Hall–Kier alpha value is -0.850. The molecule has 1 aliphatic heterocycles. The highest BCUT2D eigenvalue weighted by Gasteiger charge is 2.34. The molecule has 2 rings (SSSR count). The van der Waals surface area contributed by atoms with Crippen molar-refractivity contribution in [3.8, 4) is 0 Å². The highest BCUT2D eigenvalue weighted by Crippen LogP contribution is 2.28. The first-order valence-electron chi connectivity index (χ1n) is 8.71. The van der Waals surface area contributed by atoms with E-state index in [-0.39, 0.29) is 18.2 Å². The number of aliphatic hydroxyl groups excluding tert-OH is 1. The Morgan fingerprint density at radius 1 is 1.14 bits per heavy atom. The molecular weight excluding hydrogens is 280 g/mol. The summed E-state index contributed by atoms with van der Waals surface area (Å²) in [6.07, 6.45) is 6.08. The van der Waals surface area contributed by atoms with Gasteiger partial charge in [0.1, 0.15) is 0 Å². The molecule has 1 aliphatic carbocycles. The van der Waals surface area contributed by atoms with Gasteiger partial charge in [-0.05, 0) is 39.3 Å². The Labute approximate surface area is 134 Å². The Morgan fingerprint density at radius 3 is 2.45 bits per heavy atom. The molecule has 0 spiro atoms. The van der Waals surface area contributed by atoms with Crippen LogP contribution in [0, 0.1) is 0 Å². The maximum atomic E-state index is 11.9. The highest BCUT2D eigenvalue weighted by atomic mass is 16.3. The normalized spacial score (nSPS) is 22.6. The van der Waals surface area contributed by atoms with Gasteiger partial charge in [0.2, 0.25) is 0 Å². The molecule has 0 aromatic rings. The van der Waals surface area contributed by atoms with Gasteiger partial charge in [-0.1, -0.05) is 12.8 Å². The van der Waals surface area contributed by atoms with Crippen LogP contribution >= 0.6 is 0 Å². The number of hydrogen-bond acceptors (Lipinski definition) is 4. The van der Waals surface area contributed by atoms with Crippen molar-refractivity contribution in [3.63, 3.8) is 0 Å². The maximum Gasteiger partial charge on any atom is 0.315 e. The number of carbonyl (C=O) groups is 1. The largest absolute Gasteiger partial charge is 0.394 e. The Morgan fingerprint density at radius 2 is 1.82 bits per heavy atom. The number of urea groups is 1. The predicted molar refractivity (Wildman–Crippen MR) is 88.0 cm³/mol. The predicted octanol–water partition coefficient (Wildman–Crippen LogP) is 0.618. The standard InChI is InChI=1S/C16H32N4O2/c1-19-10-12-20(13-11-19)9-5-4-8-17-15(22)18-16(14-21)6-2-3-7-16/h21H,2-14H2,1H3,(H2,17,18,22). The van der Waals surface area contributed by atoms with Crippen molar-refractivity contribution < 1.29 is 9.90 Å². The fraction of sp³-hybridized carbons (Fsp3) is 0.938. The minimum atomic E-state index is -0.371. The molecule has 3 N–H and O–H groups in total. The minimum Gasteiger partial charge on any atom is -0.394 e. The van der Waals surface area contributed by atoms with Crippen molar-refractivity contribution in [3.05, 3.63) is 0 Å².